The molecular formula is C19H17ClN4OS. The maximum Gasteiger partial charge on any atom is 0.323 e. The highest BCUT2D eigenvalue weighted by Crippen LogP contribution is 2.23. The molecule has 0 aliphatic carbocycles. The summed E-state index contributed by atoms with van der Waals surface area (Å²) < 4.78 is 0. The van der Waals surface area contributed by atoms with Gasteiger partial charge >= 0.3 is 6.03 Å². The van der Waals surface area contributed by atoms with Gasteiger partial charge in [0.25, 0.3) is 0 Å². The number of carbonyl (C=O) groups is 1. The zero-order valence-corrected chi connectivity index (χ0v) is 15.6. The van der Waals surface area contributed by atoms with E-state index < -0.39 is 0 Å². The van der Waals surface area contributed by atoms with Crippen LogP contribution in [0.2, 0.25) is 5.02 Å². The smallest absolute Gasteiger partial charge is 0.308 e. The van der Waals surface area contributed by atoms with Crippen molar-refractivity contribution in [2.75, 3.05) is 16.4 Å². The first-order valence-corrected chi connectivity index (χ1v) is 9.41. The standard InChI is InChI=1S/C19H17ClN4OS/c1-2-26-18-11-10-16(23-24-18)13-6-5-7-14(12-13)21-19(25)22-17-9-4-3-8-15(17)20/h3-12H,2H2,1H3,(H2,21,22,25). The van der Waals surface area contributed by atoms with Crippen LogP contribution in [0.5, 0.6) is 0 Å². The number of rotatable bonds is 5. The highest BCUT2D eigenvalue weighted by molar-refractivity contribution is 7.99. The third-order valence-electron chi connectivity index (χ3n) is 3.47. The zero-order chi connectivity index (χ0) is 18.4. The van der Waals surface area contributed by atoms with Crippen LogP contribution in [-0.4, -0.2) is 22.0 Å². The second-order valence-corrected chi connectivity index (χ2v) is 7.02. The lowest BCUT2D eigenvalue weighted by atomic mass is 10.1. The minimum atomic E-state index is -0.365. The molecule has 1 heterocycles. The largest absolute Gasteiger partial charge is 0.323 e. The van der Waals surface area contributed by atoms with E-state index in [0.29, 0.717) is 16.4 Å². The van der Waals surface area contributed by atoms with Crippen molar-refractivity contribution >= 4 is 40.8 Å². The molecule has 0 radical (unpaired) electrons. The molecule has 0 saturated carbocycles. The fourth-order valence-electron chi connectivity index (χ4n) is 2.30. The summed E-state index contributed by atoms with van der Waals surface area (Å²) >= 11 is 7.70. The van der Waals surface area contributed by atoms with Gasteiger partial charge in [0.1, 0.15) is 5.03 Å². The Kier molecular flexibility index (Phi) is 6.09. The number of para-hydroxylation sites is 1. The number of benzene rings is 2. The van der Waals surface area contributed by atoms with Crippen molar-refractivity contribution in [1.82, 2.24) is 10.2 Å². The van der Waals surface area contributed by atoms with Gasteiger partial charge in [-0.2, -0.15) is 0 Å². The predicted molar refractivity (Wildman–Crippen MR) is 108 cm³/mol. The number of urea groups is 1. The Hall–Kier alpha value is -2.57. The molecular weight excluding hydrogens is 368 g/mol. The molecule has 0 saturated heterocycles. The SMILES string of the molecule is CCSc1ccc(-c2cccc(NC(=O)Nc3ccccc3Cl)c2)nn1. The highest BCUT2D eigenvalue weighted by atomic mass is 35.5. The topological polar surface area (TPSA) is 66.9 Å². The molecule has 132 valence electrons. The van der Waals surface area contributed by atoms with Gasteiger partial charge in [0, 0.05) is 11.3 Å². The minimum absolute atomic E-state index is 0.365. The van der Waals surface area contributed by atoms with Gasteiger partial charge in [-0.3, -0.25) is 0 Å². The molecule has 2 aromatic carbocycles. The number of hydrogen-bond acceptors (Lipinski definition) is 4. The van der Waals surface area contributed by atoms with E-state index in [1.165, 1.54) is 0 Å². The Morgan fingerprint density at radius 1 is 1.04 bits per heavy atom. The second kappa shape index (κ2) is 8.69. The van der Waals surface area contributed by atoms with E-state index in [1.807, 2.05) is 36.4 Å². The van der Waals surface area contributed by atoms with Gasteiger partial charge in [0.2, 0.25) is 0 Å². The van der Waals surface area contributed by atoms with Crippen molar-refractivity contribution < 1.29 is 4.79 Å². The highest BCUT2D eigenvalue weighted by Gasteiger charge is 2.07. The van der Waals surface area contributed by atoms with E-state index >= 15 is 0 Å². The van der Waals surface area contributed by atoms with Gasteiger partial charge in [0.05, 0.1) is 16.4 Å². The lowest BCUT2D eigenvalue weighted by molar-refractivity contribution is 0.262. The van der Waals surface area contributed by atoms with Crippen molar-refractivity contribution in [2.24, 2.45) is 0 Å². The van der Waals surface area contributed by atoms with Crippen LogP contribution in [0.15, 0.2) is 65.7 Å². The number of carbonyl (C=O) groups excluding carboxylic acids is 1. The van der Waals surface area contributed by atoms with Crippen molar-refractivity contribution in [3.8, 4) is 11.3 Å². The normalized spacial score (nSPS) is 10.4. The molecule has 0 bridgehead atoms. The van der Waals surface area contributed by atoms with Crippen LogP contribution in [-0.2, 0) is 0 Å². The molecule has 7 heteroatoms. The van der Waals surface area contributed by atoms with Crippen LogP contribution in [0.3, 0.4) is 0 Å². The summed E-state index contributed by atoms with van der Waals surface area (Å²) in [4.78, 5) is 12.2. The summed E-state index contributed by atoms with van der Waals surface area (Å²) in [7, 11) is 0. The van der Waals surface area contributed by atoms with E-state index in [-0.39, 0.29) is 6.03 Å². The Labute approximate surface area is 161 Å². The zero-order valence-electron chi connectivity index (χ0n) is 14.1. The molecule has 26 heavy (non-hydrogen) atoms. The van der Waals surface area contributed by atoms with Gasteiger partial charge < -0.3 is 10.6 Å². The number of thioether (sulfide) groups is 1. The maximum absolute atomic E-state index is 12.2. The first-order chi connectivity index (χ1) is 12.7. The van der Waals surface area contributed by atoms with Gasteiger partial charge in [0.15, 0.2) is 0 Å². The van der Waals surface area contributed by atoms with Crippen molar-refractivity contribution in [3.63, 3.8) is 0 Å². The number of aromatic nitrogens is 2. The van der Waals surface area contributed by atoms with Crippen LogP contribution in [0.4, 0.5) is 16.2 Å². The average molecular weight is 385 g/mol. The van der Waals surface area contributed by atoms with Crippen molar-refractivity contribution in [3.05, 3.63) is 65.7 Å². The monoisotopic (exact) mass is 384 g/mol. The molecule has 0 atom stereocenters. The lowest BCUT2D eigenvalue weighted by Crippen LogP contribution is -2.19. The van der Waals surface area contributed by atoms with E-state index in [1.54, 1.807) is 36.0 Å². The van der Waals surface area contributed by atoms with Crippen LogP contribution < -0.4 is 10.6 Å². The third kappa shape index (κ3) is 4.74. The maximum atomic E-state index is 12.2. The summed E-state index contributed by atoms with van der Waals surface area (Å²) in [6.45, 7) is 2.07. The Bertz CT molecular complexity index is 902. The number of anilines is 2. The number of nitrogens with one attached hydrogen (secondary N) is 2. The summed E-state index contributed by atoms with van der Waals surface area (Å²) in [5, 5.41) is 15.4. The first-order valence-electron chi connectivity index (χ1n) is 8.05. The molecule has 0 unspecified atom stereocenters. The number of halogens is 1. The fraction of sp³-hybridized carbons (Fsp3) is 0.105. The number of hydrogen-bond donors (Lipinski definition) is 2. The Balaban J connectivity index is 1.71. The predicted octanol–water partition coefficient (Wildman–Crippen LogP) is 5.55. The molecule has 2 amide bonds. The van der Waals surface area contributed by atoms with Crippen LogP contribution in [0.1, 0.15) is 6.92 Å². The molecule has 2 N–H and O–H groups in total. The molecule has 3 rings (SSSR count). The lowest BCUT2D eigenvalue weighted by Gasteiger charge is -2.10. The minimum Gasteiger partial charge on any atom is -0.308 e. The summed E-state index contributed by atoms with van der Waals surface area (Å²) in [6.07, 6.45) is 0. The van der Waals surface area contributed by atoms with Gasteiger partial charge in [-0.1, -0.05) is 42.8 Å². The van der Waals surface area contributed by atoms with E-state index in [4.69, 9.17) is 11.6 Å². The Morgan fingerprint density at radius 3 is 2.62 bits per heavy atom. The van der Waals surface area contributed by atoms with Crippen LogP contribution >= 0.6 is 23.4 Å². The van der Waals surface area contributed by atoms with Crippen molar-refractivity contribution in [1.29, 1.82) is 0 Å². The van der Waals surface area contributed by atoms with E-state index in [0.717, 1.165) is 22.0 Å². The Morgan fingerprint density at radius 2 is 1.88 bits per heavy atom. The van der Waals surface area contributed by atoms with Crippen LogP contribution in [0, 0.1) is 0 Å². The first kappa shape index (κ1) is 18.2. The fourth-order valence-corrected chi connectivity index (χ4v) is 3.04. The molecule has 0 aliphatic rings. The average Bonchev–Trinajstić information content (AvgIpc) is 2.65. The molecule has 0 fully saturated rings. The molecule has 0 aliphatic heterocycles. The molecule has 0 spiro atoms. The van der Waals surface area contributed by atoms with Gasteiger partial charge in [-0.05, 0) is 42.2 Å². The summed E-state index contributed by atoms with van der Waals surface area (Å²) in [6, 6.07) is 18.0. The molecule has 5 nitrogen and oxygen atoms in total. The molecule has 1 aromatic heterocycles. The summed E-state index contributed by atoms with van der Waals surface area (Å²) in [5.41, 5.74) is 2.83. The van der Waals surface area contributed by atoms with Crippen LogP contribution in [0.25, 0.3) is 11.3 Å². The molecule has 3 aromatic rings. The second-order valence-electron chi connectivity index (χ2n) is 5.33. The number of nitrogens with zero attached hydrogens (tertiary/aromatic N) is 2. The number of amides is 2. The van der Waals surface area contributed by atoms with E-state index in [9.17, 15) is 4.79 Å². The van der Waals surface area contributed by atoms with Gasteiger partial charge in [-0.25, -0.2) is 4.79 Å². The third-order valence-corrected chi connectivity index (χ3v) is 4.60. The van der Waals surface area contributed by atoms with Gasteiger partial charge in [-0.15, -0.1) is 22.0 Å². The van der Waals surface area contributed by atoms with E-state index in [2.05, 4.69) is 27.8 Å². The summed E-state index contributed by atoms with van der Waals surface area (Å²) in [5.74, 6) is 0.952. The van der Waals surface area contributed by atoms with Crippen molar-refractivity contribution in [2.45, 2.75) is 11.9 Å². The quantitative estimate of drug-likeness (QED) is 0.565.